The first-order valence-corrected chi connectivity index (χ1v) is 6.65. The van der Waals surface area contributed by atoms with Crippen LogP contribution in [-0.2, 0) is 13.0 Å². The van der Waals surface area contributed by atoms with Crippen molar-refractivity contribution in [2.75, 3.05) is 0 Å². The molecule has 1 saturated carbocycles. The number of aryl methyl sites for hydroxylation is 1. The summed E-state index contributed by atoms with van der Waals surface area (Å²) in [5.41, 5.74) is 2.39. The van der Waals surface area contributed by atoms with Crippen molar-refractivity contribution in [1.82, 2.24) is 15.5 Å². The van der Waals surface area contributed by atoms with Gasteiger partial charge < -0.3 is 5.32 Å². The zero-order valence-electron chi connectivity index (χ0n) is 10.3. The Bertz CT molecular complexity index is 298. The quantitative estimate of drug-likeness (QED) is 0.768. The molecule has 3 heteroatoms. The zero-order valence-corrected chi connectivity index (χ0v) is 10.3. The van der Waals surface area contributed by atoms with Gasteiger partial charge in [-0.1, -0.05) is 32.6 Å². The van der Waals surface area contributed by atoms with Crippen LogP contribution in [0, 0.1) is 0 Å². The fourth-order valence-corrected chi connectivity index (χ4v) is 2.42. The minimum Gasteiger partial charge on any atom is -0.308 e. The fourth-order valence-electron chi connectivity index (χ4n) is 2.42. The molecule has 1 aliphatic carbocycles. The highest BCUT2D eigenvalue weighted by atomic mass is 15.1. The monoisotopic (exact) mass is 221 g/mol. The van der Waals surface area contributed by atoms with Crippen LogP contribution in [0.4, 0.5) is 0 Å². The number of H-pyrrole nitrogens is 1. The van der Waals surface area contributed by atoms with Crippen LogP contribution in [-0.4, -0.2) is 16.2 Å². The van der Waals surface area contributed by atoms with E-state index in [9.17, 15) is 0 Å². The zero-order chi connectivity index (χ0) is 11.2. The summed E-state index contributed by atoms with van der Waals surface area (Å²) in [6, 6.07) is 2.89. The molecule has 2 N–H and O–H groups in total. The summed E-state index contributed by atoms with van der Waals surface area (Å²) in [5, 5.41) is 11.0. The maximum atomic E-state index is 4.25. The molecule has 16 heavy (non-hydrogen) atoms. The molecule has 0 unspecified atom stereocenters. The van der Waals surface area contributed by atoms with Gasteiger partial charge in [0.2, 0.25) is 0 Å². The van der Waals surface area contributed by atoms with Gasteiger partial charge in [-0.15, -0.1) is 0 Å². The summed E-state index contributed by atoms with van der Waals surface area (Å²) in [5.74, 6) is 0. The summed E-state index contributed by atoms with van der Waals surface area (Å²) >= 11 is 0. The third kappa shape index (κ3) is 3.34. The molecule has 0 radical (unpaired) electrons. The Kier molecular flexibility index (Phi) is 4.40. The normalized spacial score (nSPS) is 18.6. The summed E-state index contributed by atoms with van der Waals surface area (Å²) in [7, 11) is 0. The average molecular weight is 221 g/mol. The summed E-state index contributed by atoms with van der Waals surface area (Å²) in [6.07, 6.45) is 9.32. The van der Waals surface area contributed by atoms with Crippen LogP contribution in [0.25, 0.3) is 0 Å². The maximum Gasteiger partial charge on any atom is 0.0622 e. The molecule has 0 spiro atoms. The van der Waals surface area contributed by atoms with Gasteiger partial charge in [0.05, 0.1) is 5.69 Å². The van der Waals surface area contributed by atoms with Gasteiger partial charge in [0.1, 0.15) is 0 Å². The number of nitrogens with one attached hydrogen (secondary N) is 2. The lowest BCUT2D eigenvalue weighted by atomic mass is 10.1. The van der Waals surface area contributed by atoms with Crippen LogP contribution in [0.5, 0.6) is 0 Å². The Morgan fingerprint density at radius 2 is 2.06 bits per heavy atom. The van der Waals surface area contributed by atoms with Crippen LogP contribution in [0.1, 0.15) is 56.8 Å². The van der Waals surface area contributed by atoms with E-state index in [-0.39, 0.29) is 0 Å². The predicted octanol–water partition coefficient (Wildman–Crippen LogP) is 2.78. The standard InChI is InChI=1S/C13H23N3/c1-2-11-9-13(16-15-11)10-14-12-7-5-3-4-6-8-12/h9,12,14H,2-8,10H2,1H3,(H,15,16). The molecule has 1 fully saturated rings. The number of rotatable bonds is 4. The molecular weight excluding hydrogens is 198 g/mol. The number of hydrogen-bond acceptors (Lipinski definition) is 2. The van der Waals surface area contributed by atoms with Gasteiger partial charge in [0, 0.05) is 18.3 Å². The van der Waals surface area contributed by atoms with Crippen LogP contribution in [0.3, 0.4) is 0 Å². The van der Waals surface area contributed by atoms with Crippen molar-refractivity contribution < 1.29 is 0 Å². The van der Waals surface area contributed by atoms with Crippen LogP contribution >= 0.6 is 0 Å². The van der Waals surface area contributed by atoms with Gasteiger partial charge in [-0.05, 0) is 25.3 Å². The molecule has 90 valence electrons. The van der Waals surface area contributed by atoms with E-state index >= 15 is 0 Å². The molecule has 1 aromatic heterocycles. The highest BCUT2D eigenvalue weighted by Gasteiger charge is 2.11. The maximum absolute atomic E-state index is 4.25. The van der Waals surface area contributed by atoms with E-state index in [1.807, 2.05) is 0 Å². The van der Waals surface area contributed by atoms with Crippen molar-refractivity contribution in [2.24, 2.45) is 0 Å². The van der Waals surface area contributed by atoms with Crippen molar-refractivity contribution in [3.63, 3.8) is 0 Å². The van der Waals surface area contributed by atoms with E-state index in [1.165, 1.54) is 44.2 Å². The second kappa shape index (κ2) is 6.04. The van der Waals surface area contributed by atoms with Gasteiger partial charge in [-0.3, -0.25) is 5.10 Å². The van der Waals surface area contributed by atoms with Gasteiger partial charge in [0.25, 0.3) is 0 Å². The highest BCUT2D eigenvalue weighted by Crippen LogP contribution is 2.17. The van der Waals surface area contributed by atoms with Gasteiger partial charge in [-0.25, -0.2) is 0 Å². The largest absolute Gasteiger partial charge is 0.308 e. The lowest BCUT2D eigenvalue weighted by Crippen LogP contribution is -2.27. The van der Waals surface area contributed by atoms with Crippen LogP contribution in [0.15, 0.2) is 6.07 Å². The molecule has 0 atom stereocenters. The Labute approximate surface area is 98.0 Å². The average Bonchev–Trinajstić information content (AvgIpc) is 2.61. The molecule has 0 aliphatic heterocycles. The van der Waals surface area contributed by atoms with Crippen LogP contribution in [0.2, 0.25) is 0 Å². The Hall–Kier alpha value is -0.830. The second-order valence-electron chi connectivity index (χ2n) is 4.81. The minimum atomic E-state index is 0.718. The molecule has 0 bridgehead atoms. The minimum absolute atomic E-state index is 0.718. The number of aromatic nitrogens is 2. The van der Waals surface area contributed by atoms with Gasteiger partial charge in [-0.2, -0.15) is 5.10 Å². The Balaban J connectivity index is 1.77. The van der Waals surface area contributed by atoms with Crippen molar-refractivity contribution in [2.45, 2.75) is 64.5 Å². The first-order valence-electron chi connectivity index (χ1n) is 6.65. The molecule has 1 heterocycles. The van der Waals surface area contributed by atoms with Crippen LogP contribution < -0.4 is 5.32 Å². The first kappa shape index (κ1) is 11.6. The molecule has 1 aliphatic rings. The third-order valence-electron chi connectivity index (χ3n) is 3.48. The smallest absolute Gasteiger partial charge is 0.0622 e. The predicted molar refractivity (Wildman–Crippen MR) is 66.3 cm³/mol. The van der Waals surface area contributed by atoms with E-state index < -0.39 is 0 Å². The topological polar surface area (TPSA) is 40.7 Å². The third-order valence-corrected chi connectivity index (χ3v) is 3.48. The summed E-state index contributed by atoms with van der Waals surface area (Å²) in [4.78, 5) is 0. The number of aromatic amines is 1. The highest BCUT2D eigenvalue weighted by molar-refractivity contribution is 5.08. The molecule has 0 amide bonds. The van der Waals surface area contributed by atoms with E-state index in [1.54, 1.807) is 0 Å². The van der Waals surface area contributed by atoms with E-state index in [2.05, 4.69) is 28.5 Å². The van der Waals surface area contributed by atoms with E-state index in [4.69, 9.17) is 0 Å². The molecule has 2 rings (SSSR count). The SMILES string of the molecule is CCc1cc(CNC2CCCCCC2)[nH]n1. The molecule has 0 aromatic carbocycles. The number of hydrogen-bond donors (Lipinski definition) is 2. The fraction of sp³-hybridized carbons (Fsp3) is 0.769. The molecule has 3 nitrogen and oxygen atoms in total. The summed E-state index contributed by atoms with van der Waals surface area (Å²) < 4.78 is 0. The van der Waals surface area contributed by atoms with Crippen molar-refractivity contribution in [3.8, 4) is 0 Å². The first-order chi connectivity index (χ1) is 7.88. The van der Waals surface area contributed by atoms with Crippen molar-refractivity contribution in [3.05, 3.63) is 17.5 Å². The second-order valence-corrected chi connectivity index (χ2v) is 4.81. The van der Waals surface area contributed by atoms with Gasteiger partial charge in [0.15, 0.2) is 0 Å². The summed E-state index contributed by atoms with van der Waals surface area (Å²) in [6.45, 7) is 3.08. The molecular formula is C13H23N3. The Morgan fingerprint density at radius 1 is 1.31 bits per heavy atom. The Morgan fingerprint density at radius 3 is 2.69 bits per heavy atom. The van der Waals surface area contributed by atoms with E-state index in [0.717, 1.165) is 24.7 Å². The van der Waals surface area contributed by atoms with E-state index in [0.29, 0.717) is 0 Å². The lowest BCUT2D eigenvalue weighted by molar-refractivity contribution is 0.456. The molecule has 0 saturated heterocycles. The van der Waals surface area contributed by atoms with Crippen molar-refractivity contribution in [1.29, 1.82) is 0 Å². The number of nitrogens with zero attached hydrogens (tertiary/aromatic N) is 1. The molecule has 1 aromatic rings. The van der Waals surface area contributed by atoms with Gasteiger partial charge >= 0.3 is 0 Å². The van der Waals surface area contributed by atoms with Crippen molar-refractivity contribution >= 4 is 0 Å². The lowest BCUT2D eigenvalue weighted by Gasteiger charge is -2.15.